The van der Waals surface area contributed by atoms with E-state index in [1.54, 1.807) is 24.1 Å². The smallest absolute Gasteiger partial charge is 0.278 e. The Balaban J connectivity index is 1.72. The molecule has 4 aromatic rings. The molecule has 0 radical (unpaired) electrons. The van der Waals surface area contributed by atoms with E-state index in [9.17, 15) is 9.59 Å². The number of aromatic amines is 1. The van der Waals surface area contributed by atoms with Crippen molar-refractivity contribution in [1.82, 2.24) is 9.78 Å². The minimum atomic E-state index is -0.720. The van der Waals surface area contributed by atoms with E-state index in [4.69, 9.17) is 4.74 Å². The highest BCUT2D eigenvalue weighted by atomic mass is 16.5. The number of H-pyrrole nitrogens is 1. The van der Waals surface area contributed by atoms with E-state index in [0.717, 1.165) is 5.69 Å². The maximum Gasteiger partial charge on any atom is 0.278 e. The van der Waals surface area contributed by atoms with Gasteiger partial charge in [-0.3, -0.25) is 19.6 Å². The zero-order valence-electron chi connectivity index (χ0n) is 17.7. The number of carbonyl (C=O) groups is 1. The van der Waals surface area contributed by atoms with E-state index >= 15 is 0 Å². The second kappa shape index (κ2) is 7.77. The minimum Gasteiger partial charge on any atom is -0.495 e. The molecule has 5 rings (SSSR count). The third kappa shape index (κ3) is 3.06. The zero-order valence-corrected chi connectivity index (χ0v) is 17.7. The number of para-hydroxylation sites is 4. The molecule has 160 valence electrons. The summed E-state index contributed by atoms with van der Waals surface area (Å²) in [7, 11) is 1.56. The average molecular weight is 426 g/mol. The van der Waals surface area contributed by atoms with E-state index in [-0.39, 0.29) is 11.5 Å². The Kier molecular flexibility index (Phi) is 4.78. The van der Waals surface area contributed by atoms with Gasteiger partial charge in [0.1, 0.15) is 11.9 Å². The van der Waals surface area contributed by atoms with Crippen LogP contribution in [0.2, 0.25) is 0 Å². The summed E-state index contributed by atoms with van der Waals surface area (Å²) in [6, 6.07) is 24.0. The highest BCUT2D eigenvalue weighted by Crippen LogP contribution is 2.40. The van der Waals surface area contributed by atoms with Crippen LogP contribution in [0.15, 0.2) is 83.7 Å². The first kappa shape index (κ1) is 19.7. The number of hydrogen-bond acceptors (Lipinski definition) is 4. The number of nitrogens with one attached hydrogen (secondary N) is 2. The molecule has 0 saturated carbocycles. The Morgan fingerprint density at radius 1 is 0.875 bits per heavy atom. The molecule has 2 N–H and O–H groups in total. The van der Waals surface area contributed by atoms with Crippen LogP contribution in [-0.2, 0) is 0 Å². The molecule has 0 aliphatic carbocycles. The first-order valence-electron chi connectivity index (χ1n) is 10.3. The Morgan fingerprint density at radius 2 is 1.56 bits per heavy atom. The first-order valence-corrected chi connectivity index (χ1v) is 10.3. The lowest BCUT2D eigenvalue weighted by Gasteiger charge is -2.38. The van der Waals surface area contributed by atoms with Crippen molar-refractivity contribution >= 4 is 17.3 Å². The maximum absolute atomic E-state index is 13.7. The minimum absolute atomic E-state index is 0.208. The predicted molar refractivity (Wildman–Crippen MR) is 124 cm³/mol. The molecule has 1 atom stereocenters. The first-order chi connectivity index (χ1) is 15.6. The van der Waals surface area contributed by atoms with Crippen LogP contribution in [0.4, 0.5) is 11.4 Å². The Hall–Kier alpha value is -4.26. The zero-order chi connectivity index (χ0) is 22.2. The number of fused-ring (bicyclic) bond motifs is 1. The normalized spacial score (nSPS) is 15.2. The molecule has 0 unspecified atom stereocenters. The van der Waals surface area contributed by atoms with Crippen molar-refractivity contribution in [3.05, 3.63) is 106 Å². The molecule has 0 saturated heterocycles. The van der Waals surface area contributed by atoms with Crippen LogP contribution in [0.3, 0.4) is 0 Å². The van der Waals surface area contributed by atoms with Crippen molar-refractivity contribution < 1.29 is 9.53 Å². The Bertz CT molecular complexity index is 1360. The molecule has 0 bridgehead atoms. The van der Waals surface area contributed by atoms with Gasteiger partial charge in [-0.25, -0.2) is 4.68 Å². The lowest BCUT2D eigenvalue weighted by molar-refractivity contribution is 0.0974. The van der Waals surface area contributed by atoms with E-state index in [1.807, 2.05) is 73.7 Å². The van der Waals surface area contributed by atoms with Crippen molar-refractivity contribution in [2.45, 2.75) is 13.1 Å². The molecule has 1 amide bonds. The van der Waals surface area contributed by atoms with Gasteiger partial charge in [0.05, 0.1) is 29.6 Å². The molecular weight excluding hydrogens is 404 g/mol. The number of anilines is 2. The van der Waals surface area contributed by atoms with Crippen LogP contribution >= 0.6 is 0 Å². The Labute approximate surface area is 184 Å². The fourth-order valence-corrected chi connectivity index (χ4v) is 4.17. The number of carbonyl (C=O) groups excluding carboxylic acids is 1. The summed E-state index contributed by atoms with van der Waals surface area (Å²) in [6.07, 6.45) is -0.720. The second-order valence-corrected chi connectivity index (χ2v) is 7.57. The summed E-state index contributed by atoms with van der Waals surface area (Å²) in [5.41, 5.74) is 3.42. The summed E-state index contributed by atoms with van der Waals surface area (Å²) >= 11 is 0. The number of methoxy groups -OCH3 is 1. The van der Waals surface area contributed by atoms with Gasteiger partial charge in [-0.1, -0.05) is 42.5 Å². The van der Waals surface area contributed by atoms with E-state index in [2.05, 4.69) is 10.4 Å². The summed E-state index contributed by atoms with van der Waals surface area (Å²) < 4.78 is 7.04. The molecule has 2 heterocycles. The summed E-state index contributed by atoms with van der Waals surface area (Å²) in [4.78, 5) is 28.8. The molecule has 7 nitrogen and oxygen atoms in total. The number of aromatic nitrogens is 2. The number of rotatable bonds is 4. The summed E-state index contributed by atoms with van der Waals surface area (Å²) in [5.74, 6) is 0.337. The lowest BCUT2D eigenvalue weighted by Crippen LogP contribution is -2.45. The number of hydrogen-bond donors (Lipinski definition) is 2. The summed E-state index contributed by atoms with van der Waals surface area (Å²) in [5, 5.41) is 6.57. The van der Waals surface area contributed by atoms with Crippen molar-refractivity contribution in [3.8, 4) is 11.4 Å². The molecule has 7 heteroatoms. The quantitative estimate of drug-likeness (QED) is 0.511. The van der Waals surface area contributed by atoms with E-state index in [1.165, 1.54) is 4.68 Å². The number of amides is 1. The van der Waals surface area contributed by atoms with Gasteiger partial charge in [-0.05, 0) is 43.3 Å². The molecule has 32 heavy (non-hydrogen) atoms. The van der Waals surface area contributed by atoms with E-state index in [0.29, 0.717) is 33.9 Å². The van der Waals surface area contributed by atoms with Gasteiger partial charge in [0, 0.05) is 11.4 Å². The molecule has 1 aliphatic rings. The van der Waals surface area contributed by atoms with Crippen molar-refractivity contribution in [3.63, 3.8) is 0 Å². The largest absolute Gasteiger partial charge is 0.495 e. The van der Waals surface area contributed by atoms with Crippen LogP contribution in [0.25, 0.3) is 5.69 Å². The standard InChI is InChI=1S/C25H22N4O3/c1-16-22(25(31)29(27-16)17-10-4-3-5-11-17)23-26-19-13-7-6-12-18(19)24(30)28(23)20-14-8-9-15-21(20)32-2/h3-15,23,26-27H,1-2H3/t23-/m0/s1. The number of ether oxygens (including phenoxy) is 1. The molecule has 0 spiro atoms. The molecule has 1 aliphatic heterocycles. The number of nitrogens with zero attached hydrogens (tertiary/aromatic N) is 2. The van der Waals surface area contributed by atoms with Crippen molar-refractivity contribution in [1.29, 1.82) is 0 Å². The second-order valence-electron chi connectivity index (χ2n) is 7.57. The van der Waals surface area contributed by atoms with Gasteiger partial charge in [0.25, 0.3) is 11.5 Å². The fraction of sp³-hybridized carbons (Fsp3) is 0.120. The molecule has 3 aromatic carbocycles. The molecule has 1 aromatic heterocycles. The van der Waals surface area contributed by atoms with Crippen molar-refractivity contribution in [2.75, 3.05) is 17.3 Å². The van der Waals surface area contributed by atoms with Crippen LogP contribution in [0.5, 0.6) is 5.75 Å². The lowest BCUT2D eigenvalue weighted by atomic mass is 10.0. The predicted octanol–water partition coefficient (Wildman–Crippen LogP) is 4.25. The van der Waals surface area contributed by atoms with Gasteiger partial charge < -0.3 is 10.1 Å². The van der Waals surface area contributed by atoms with Crippen LogP contribution in [0, 0.1) is 6.92 Å². The van der Waals surface area contributed by atoms with Crippen LogP contribution in [-0.4, -0.2) is 22.8 Å². The third-order valence-electron chi connectivity index (χ3n) is 5.68. The highest BCUT2D eigenvalue weighted by molar-refractivity contribution is 6.12. The fourth-order valence-electron chi connectivity index (χ4n) is 4.17. The number of aryl methyl sites for hydroxylation is 1. The highest BCUT2D eigenvalue weighted by Gasteiger charge is 2.38. The van der Waals surface area contributed by atoms with Crippen LogP contribution in [0.1, 0.15) is 27.8 Å². The van der Waals surface area contributed by atoms with Crippen molar-refractivity contribution in [2.24, 2.45) is 0 Å². The van der Waals surface area contributed by atoms with Gasteiger partial charge in [0.2, 0.25) is 0 Å². The van der Waals surface area contributed by atoms with Gasteiger partial charge in [0.15, 0.2) is 0 Å². The Morgan fingerprint density at radius 3 is 2.34 bits per heavy atom. The molecular formula is C25H22N4O3. The van der Waals surface area contributed by atoms with Crippen LogP contribution < -0.4 is 20.5 Å². The van der Waals surface area contributed by atoms with Gasteiger partial charge >= 0.3 is 0 Å². The van der Waals surface area contributed by atoms with E-state index < -0.39 is 6.17 Å². The third-order valence-corrected chi connectivity index (χ3v) is 5.68. The SMILES string of the molecule is COc1ccccc1N1C(=O)c2ccccc2N[C@@H]1c1c(C)[nH]n(-c2ccccc2)c1=O. The number of benzene rings is 3. The monoisotopic (exact) mass is 426 g/mol. The van der Waals surface area contributed by atoms with Gasteiger partial charge in [-0.15, -0.1) is 0 Å². The molecule has 0 fully saturated rings. The van der Waals surface area contributed by atoms with Gasteiger partial charge in [-0.2, -0.15) is 0 Å². The maximum atomic E-state index is 13.7. The summed E-state index contributed by atoms with van der Waals surface area (Å²) in [6.45, 7) is 1.84. The topological polar surface area (TPSA) is 79.4 Å². The average Bonchev–Trinajstić information content (AvgIpc) is 3.13.